The number of hydrogen-bond acceptors (Lipinski definition) is 5. The number of nitrogens with one attached hydrogen (secondary N) is 2. The van der Waals surface area contributed by atoms with Crippen molar-refractivity contribution in [2.75, 3.05) is 10.6 Å². The van der Waals surface area contributed by atoms with Gasteiger partial charge in [0.15, 0.2) is 11.7 Å². The number of phenols is 1. The normalized spacial score (nSPS) is 18.6. The number of aromatic nitrogens is 2. The van der Waals surface area contributed by atoms with Crippen molar-refractivity contribution in [3.8, 4) is 5.75 Å². The first-order valence-electron chi connectivity index (χ1n) is 8.90. The summed E-state index contributed by atoms with van der Waals surface area (Å²) < 4.78 is 42.0. The molecular weight excluding hydrogens is 441 g/mol. The number of aromatic hydroxyl groups is 1. The lowest BCUT2D eigenvalue weighted by Crippen LogP contribution is -2.35. The van der Waals surface area contributed by atoms with Gasteiger partial charge in [-0.1, -0.05) is 23.7 Å². The van der Waals surface area contributed by atoms with Gasteiger partial charge >= 0.3 is 6.18 Å². The summed E-state index contributed by atoms with van der Waals surface area (Å²) in [5, 5.41) is 20.8. The van der Waals surface area contributed by atoms with Crippen LogP contribution in [-0.4, -0.2) is 27.0 Å². The molecule has 2 aromatic heterocycles. The van der Waals surface area contributed by atoms with E-state index in [2.05, 4.69) is 15.7 Å². The average molecular weight is 457 g/mol. The summed E-state index contributed by atoms with van der Waals surface area (Å²) in [4.78, 5) is 13.4. The first kappa shape index (κ1) is 20.5. The Morgan fingerprint density at radius 3 is 2.83 bits per heavy atom. The molecule has 6 nitrogen and oxygen atoms in total. The molecule has 0 aliphatic carbocycles. The Morgan fingerprint density at radius 2 is 2.17 bits per heavy atom. The van der Waals surface area contributed by atoms with Gasteiger partial charge in [0.1, 0.15) is 16.6 Å². The van der Waals surface area contributed by atoms with Crippen LogP contribution in [0.25, 0.3) is 0 Å². The van der Waals surface area contributed by atoms with Gasteiger partial charge in [-0.25, -0.2) is 4.68 Å². The standard InChI is InChI=1S/C19H16ClF3N4O2S/c1-9-4-5-12(28)10(7-9)25-18(29)16-15(20)17-24-11(13-3-2-6-30-13)8-14(19(21,22)23)27(17)26-16/h2-7,11,14,24,28H,8H2,1H3,(H,25,29)/t11-,14+/m0/s1. The number of aryl methyl sites for hydroxylation is 1. The minimum atomic E-state index is -4.58. The summed E-state index contributed by atoms with van der Waals surface area (Å²) in [6, 6.07) is 5.52. The van der Waals surface area contributed by atoms with E-state index in [1.54, 1.807) is 30.5 Å². The van der Waals surface area contributed by atoms with Crippen molar-refractivity contribution < 1.29 is 23.1 Å². The second-order valence-corrected chi connectivity index (χ2v) is 8.29. The smallest absolute Gasteiger partial charge is 0.410 e. The van der Waals surface area contributed by atoms with Crippen LogP contribution in [0.5, 0.6) is 5.75 Å². The zero-order chi connectivity index (χ0) is 21.6. The number of nitrogens with zero attached hydrogens (tertiary/aromatic N) is 2. The number of phenolic OH excluding ortho intramolecular Hbond substituents is 1. The van der Waals surface area contributed by atoms with E-state index in [1.807, 2.05) is 0 Å². The highest BCUT2D eigenvalue weighted by Crippen LogP contribution is 2.47. The Morgan fingerprint density at radius 1 is 1.40 bits per heavy atom. The van der Waals surface area contributed by atoms with Crippen LogP contribution < -0.4 is 10.6 Å². The maximum atomic E-state index is 13.8. The van der Waals surface area contributed by atoms with Gasteiger partial charge in [0, 0.05) is 11.3 Å². The number of hydrogen-bond donors (Lipinski definition) is 3. The van der Waals surface area contributed by atoms with Gasteiger partial charge < -0.3 is 15.7 Å². The Labute approximate surface area is 178 Å². The van der Waals surface area contributed by atoms with Crippen molar-refractivity contribution in [1.82, 2.24) is 9.78 Å². The molecule has 0 radical (unpaired) electrons. The van der Waals surface area contributed by atoms with Crippen molar-refractivity contribution in [2.24, 2.45) is 0 Å². The monoisotopic (exact) mass is 456 g/mol. The summed E-state index contributed by atoms with van der Waals surface area (Å²) >= 11 is 7.61. The highest BCUT2D eigenvalue weighted by molar-refractivity contribution is 7.10. The highest BCUT2D eigenvalue weighted by Gasteiger charge is 2.48. The predicted molar refractivity (Wildman–Crippen MR) is 108 cm³/mol. The quantitative estimate of drug-likeness (QED) is 0.453. The fourth-order valence-electron chi connectivity index (χ4n) is 3.34. The molecule has 1 aliphatic heterocycles. The molecule has 1 aliphatic rings. The fraction of sp³-hybridized carbons (Fsp3) is 0.263. The van der Waals surface area contributed by atoms with Crippen LogP contribution in [-0.2, 0) is 0 Å². The third-order valence-electron chi connectivity index (χ3n) is 4.80. The largest absolute Gasteiger partial charge is 0.506 e. The Kier molecular flexibility index (Phi) is 5.15. The SMILES string of the molecule is Cc1ccc(O)c(NC(=O)c2nn3c(c2Cl)N[C@H](c2cccs2)C[C@@H]3C(F)(F)F)c1. The van der Waals surface area contributed by atoms with E-state index in [4.69, 9.17) is 11.6 Å². The molecule has 4 rings (SSSR count). The lowest BCUT2D eigenvalue weighted by atomic mass is 10.0. The fourth-order valence-corrected chi connectivity index (χ4v) is 4.40. The van der Waals surface area contributed by atoms with E-state index in [-0.39, 0.29) is 34.4 Å². The van der Waals surface area contributed by atoms with E-state index < -0.39 is 24.2 Å². The van der Waals surface area contributed by atoms with Gasteiger partial charge in [-0.3, -0.25) is 4.79 Å². The molecule has 0 spiro atoms. The number of rotatable bonds is 3. The van der Waals surface area contributed by atoms with Crippen LogP contribution in [0.2, 0.25) is 5.02 Å². The number of halogens is 4. The zero-order valence-electron chi connectivity index (χ0n) is 15.5. The number of benzene rings is 1. The number of carbonyl (C=O) groups excluding carboxylic acids is 1. The van der Waals surface area contributed by atoms with Gasteiger partial charge in [-0.15, -0.1) is 11.3 Å². The molecule has 0 unspecified atom stereocenters. The number of amides is 1. The topological polar surface area (TPSA) is 79.2 Å². The van der Waals surface area contributed by atoms with Crippen LogP contribution in [0.15, 0.2) is 35.7 Å². The number of carbonyl (C=O) groups is 1. The number of thiophene rings is 1. The molecule has 158 valence electrons. The molecule has 0 saturated heterocycles. The summed E-state index contributed by atoms with van der Waals surface area (Å²) in [5.41, 5.74) is 0.524. The van der Waals surface area contributed by atoms with E-state index >= 15 is 0 Å². The molecule has 0 saturated carbocycles. The van der Waals surface area contributed by atoms with Crippen molar-refractivity contribution in [3.63, 3.8) is 0 Å². The lowest BCUT2D eigenvalue weighted by Gasteiger charge is -2.32. The summed E-state index contributed by atoms with van der Waals surface area (Å²) in [5.74, 6) is -1.07. The maximum absolute atomic E-state index is 13.8. The Hall–Kier alpha value is -2.72. The van der Waals surface area contributed by atoms with E-state index in [0.717, 1.165) is 15.1 Å². The van der Waals surface area contributed by atoms with Crippen LogP contribution in [0, 0.1) is 6.92 Å². The number of fused-ring (bicyclic) bond motifs is 1. The first-order valence-corrected chi connectivity index (χ1v) is 10.2. The van der Waals surface area contributed by atoms with Crippen LogP contribution in [0.4, 0.5) is 24.7 Å². The second kappa shape index (κ2) is 7.51. The Bertz CT molecular complexity index is 1100. The number of anilines is 2. The molecule has 0 bridgehead atoms. The molecular formula is C19H16ClF3N4O2S. The minimum Gasteiger partial charge on any atom is -0.506 e. The van der Waals surface area contributed by atoms with E-state index in [0.29, 0.717) is 0 Å². The van der Waals surface area contributed by atoms with Gasteiger partial charge in [-0.2, -0.15) is 18.3 Å². The molecule has 11 heteroatoms. The highest BCUT2D eigenvalue weighted by atomic mass is 35.5. The third kappa shape index (κ3) is 3.72. The second-order valence-electron chi connectivity index (χ2n) is 6.94. The molecule has 0 fully saturated rings. The molecule has 3 aromatic rings. The van der Waals surface area contributed by atoms with Crippen molar-refractivity contribution >= 4 is 40.4 Å². The van der Waals surface area contributed by atoms with Crippen molar-refractivity contribution in [3.05, 3.63) is 56.9 Å². The van der Waals surface area contributed by atoms with Gasteiger partial charge in [0.05, 0.1) is 11.7 Å². The minimum absolute atomic E-state index is 0.0674. The predicted octanol–water partition coefficient (Wildman–Crippen LogP) is 5.52. The number of alkyl halides is 3. The van der Waals surface area contributed by atoms with Gasteiger partial charge in [0.2, 0.25) is 0 Å². The van der Waals surface area contributed by atoms with Crippen LogP contribution >= 0.6 is 22.9 Å². The Balaban J connectivity index is 1.71. The summed E-state index contributed by atoms with van der Waals surface area (Å²) in [7, 11) is 0. The van der Waals surface area contributed by atoms with Gasteiger partial charge in [0.25, 0.3) is 5.91 Å². The van der Waals surface area contributed by atoms with E-state index in [9.17, 15) is 23.1 Å². The molecule has 30 heavy (non-hydrogen) atoms. The third-order valence-corrected chi connectivity index (χ3v) is 6.14. The van der Waals surface area contributed by atoms with Gasteiger partial charge in [-0.05, 0) is 36.1 Å². The molecule has 2 atom stereocenters. The molecule has 1 amide bonds. The first-order chi connectivity index (χ1) is 14.1. The molecule has 1 aromatic carbocycles. The van der Waals surface area contributed by atoms with Crippen LogP contribution in [0.1, 0.15) is 39.4 Å². The summed E-state index contributed by atoms with van der Waals surface area (Å²) in [6.45, 7) is 1.76. The average Bonchev–Trinajstić information content (AvgIpc) is 3.32. The maximum Gasteiger partial charge on any atom is 0.410 e. The summed E-state index contributed by atoms with van der Waals surface area (Å²) in [6.07, 6.45) is -4.86. The van der Waals surface area contributed by atoms with Crippen molar-refractivity contribution in [2.45, 2.75) is 31.6 Å². The molecule has 3 N–H and O–H groups in total. The van der Waals surface area contributed by atoms with Crippen LogP contribution in [0.3, 0.4) is 0 Å². The molecule has 3 heterocycles. The zero-order valence-corrected chi connectivity index (χ0v) is 17.1. The van der Waals surface area contributed by atoms with Crippen molar-refractivity contribution in [1.29, 1.82) is 0 Å². The lowest BCUT2D eigenvalue weighted by molar-refractivity contribution is -0.173. The van der Waals surface area contributed by atoms with E-state index in [1.165, 1.54) is 23.5 Å².